The van der Waals surface area contributed by atoms with Gasteiger partial charge < -0.3 is 9.64 Å². The number of halogens is 3. The van der Waals surface area contributed by atoms with Gasteiger partial charge in [0, 0.05) is 32.7 Å². The molecule has 1 aliphatic heterocycles. The Hall–Kier alpha value is -3.05. The minimum Gasteiger partial charge on any atom is -0.484 e. The van der Waals surface area contributed by atoms with E-state index in [9.17, 15) is 18.0 Å². The Morgan fingerprint density at radius 2 is 1.62 bits per heavy atom. The maximum Gasteiger partial charge on any atom is 0.416 e. The first-order valence-electron chi connectivity index (χ1n) is 9.14. The number of piperazine rings is 1. The van der Waals surface area contributed by atoms with Gasteiger partial charge in [0.05, 0.1) is 17.2 Å². The molecule has 1 saturated heterocycles. The molecule has 8 heteroatoms. The summed E-state index contributed by atoms with van der Waals surface area (Å²) in [5.74, 6) is 0.404. The summed E-state index contributed by atoms with van der Waals surface area (Å²) in [6, 6.07) is 13.7. The molecule has 0 unspecified atom stereocenters. The monoisotopic (exact) mass is 403 g/mol. The second-order valence-corrected chi connectivity index (χ2v) is 6.78. The van der Waals surface area contributed by atoms with Crippen LogP contribution in [0, 0.1) is 11.3 Å². The fraction of sp³-hybridized carbons (Fsp3) is 0.333. The van der Waals surface area contributed by atoms with E-state index in [-0.39, 0.29) is 12.5 Å². The molecule has 1 amide bonds. The Morgan fingerprint density at radius 3 is 2.17 bits per heavy atom. The molecular formula is C21H20F3N3O2. The van der Waals surface area contributed by atoms with E-state index < -0.39 is 11.7 Å². The maximum atomic E-state index is 12.6. The van der Waals surface area contributed by atoms with E-state index in [4.69, 9.17) is 10.00 Å². The summed E-state index contributed by atoms with van der Waals surface area (Å²) < 4.78 is 43.4. The molecule has 0 radical (unpaired) electrons. The van der Waals surface area contributed by atoms with Crippen LogP contribution in [-0.2, 0) is 17.5 Å². The molecule has 0 spiro atoms. The Kier molecular flexibility index (Phi) is 6.39. The molecule has 3 rings (SSSR count). The van der Waals surface area contributed by atoms with E-state index in [1.807, 2.05) is 6.07 Å². The van der Waals surface area contributed by atoms with Crippen LogP contribution in [0.15, 0.2) is 48.5 Å². The van der Waals surface area contributed by atoms with E-state index in [0.29, 0.717) is 44.0 Å². The number of rotatable bonds is 5. The van der Waals surface area contributed by atoms with Crippen LogP contribution in [0.5, 0.6) is 5.75 Å². The third kappa shape index (κ3) is 5.72. The van der Waals surface area contributed by atoms with Crippen LogP contribution < -0.4 is 4.74 Å². The van der Waals surface area contributed by atoms with Crippen LogP contribution in [0.3, 0.4) is 0 Å². The average molecular weight is 403 g/mol. The molecule has 1 heterocycles. The van der Waals surface area contributed by atoms with Gasteiger partial charge in [-0.2, -0.15) is 18.4 Å². The van der Waals surface area contributed by atoms with E-state index in [1.54, 1.807) is 29.2 Å². The molecule has 1 fully saturated rings. The Bertz CT molecular complexity index is 866. The fourth-order valence-corrected chi connectivity index (χ4v) is 3.07. The van der Waals surface area contributed by atoms with E-state index in [0.717, 1.165) is 17.7 Å². The summed E-state index contributed by atoms with van der Waals surface area (Å²) in [7, 11) is 0. The number of ether oxygens (including phenoxy) is 1. The minimum atomic E-state index is -4.33. The third-order valence-corrected chi connectivity index (χ3v) is 4.76. The van der Waals surface area contributed by atoms with Gasteiger partial charge in [0.15, 0.2) is 6.61 Å². The second-order valence-electron chi connectivity index (χ2n) is 6.78. The third-order valence-electron chi connectivity index (χ3n) is 4.76. The summed E-state index contributed by atoms with van der Waals surface area (Å²) in [4.78, 5) is 16.1. The molecule has 0 bridgehead atoms. The molecule has 152 valence electrons. The van der Waals surface area contributed by atoms with Crippen molar-refractivity contribution in [3.05, 3.63) is 65.2 Å². The van der Waals surface area contributed by atoms with Gasteiger partial charge in [-0.1, -0.05) is 12.1 Å². The summed E-state index contributed by atoms with van der Waals surface area (Å²) in [5.41, 5.74) is 0.675. The number of benzene rings is 2. The van der Waals surface area contributed by atoms with Gasteiger partial charge in [0.1, 0.15) is 5.75 Å². The van der Waals surface area contributed by atoms with Crippen molar-refractivity contribution in [2.75, 3.05) is 32.8 Å². The van der Waals surface area contributed by atoms with Gasteiger partial charge >= 0.3 is 6.18 Å². The minimum absolute atomic E-state index is 0.0786. The summed E-state index contributed by atoms with van der Waals surface area (Å²) in [6.07, 6.45) is -4.33. The number of hydrogen-bond acceptors (Lipinski definition) is 4. The Morgan fingerprint density at radius 1 is 1.00 bits per heavy atom. The van der Waals surface area contributed by atoms with Gasteiger partial charge in [-0.05, 0) is 42.0 Å². The quantitative estimate of drug-likeness (QED) is 0.769. The highest BCUT2D eigenvalue weighted by atomic mass is 19.4. The van der Waals surface area contributed by atoms with Crippen molar-refractivity contribution >= 4 is 5.91 Å². The normalized spacial score (nSPS) is 15.0. The van der Waals surface area contributed by atoms with Crippen molar-refractivity contribution < 1.29 is 22.7 Å². The molecule has 29 heavy (non-hydrogen) atoms. The van der Waals surface area contributed by atoms with Crippen molar-refractivity contribution in [2.45, 2.75) is 12.7 Å². The van der Waals surface area contributed by atoms with E-state index >= 15 is 0 Å². The standard InChI is InChI=1S/C21H20F3N3O2/c22-21(23,24)18-5-1-17(2-6-18)14-26-9-11-27(12-10-26)20(28)15-29-19-7-3-16(13-25)4-8-19/h1-8H,9-12,14-15H2. The van der Waals surface area contributed by atoms with Gasteiger partial charge in [0.25, 0.3) is 5.91 Å². The number of amides is 1. The van der Waals surface area contributed by atoms with E-state index in [1.165, 1.54) is 12.1 Å². The predicted molar refractivity (Wildman–Crippen MR) is 100.0 cm³/mol. The van der Waals surface area contributed by atoms with Crippen LogP contribution >= 0.6 is 0 Å². The zero-order valence-corrected chi connectivity index (χ0v) is 15.7. The van der Waals surface area contributed by atoms with Crippen LogP contribution in [-0.4, -0.2) is 48.5 Å². The smallest absolute Gasteiger partial charge is 0.416 e. The molecule has 0 saturated carbocycles. The lowest BCUT2D eigenvalue weighted by molar-refractivity contribution is -0.137. The lowest BCUT2D eigenvalue weighted by Crippen LogP contribution is -2.49. The molecular weight excluding hydrogens is 383 g/mol. The second kappa shape index (κ2) is 8.97. The zero-order chi connectivity index (χ0) is 20.9. The summed E-state index contributed by atoms with van der Waals surface area (Å²) >= 11 is 0. The van der Waals surface area contributed by atoms with Crippen LogP contribution in [0.1, 0.15) is 16.7 Å². The van der Waals surface area contributed by atoms with Crippen LogP contribution in [0.4, 0.5) is 13.2 Å². The molecule has 2 aromatic rings. The molecule has 5 nitrogen and oxygen atoms in total. The number of carbonyl (C=O) groups is 1. The first kappa shape index (κ1) is 20.7. The Labute approximate surface area is 166 Å². The maximum absolute atomic E-state index is 12.6. The van der Waals surface area contributed by atoms with E-state index in [2.05, 4.69) is 4.90 Å². The number of nitriles is 1. The van der Waals surface area contributed by atoms with Crippen molar-refractivity contribution in [1.29, 1.82) is 5.26 Å². The van der Waals surface area contributed by atoms with Crippen molar-refractivity contribution in [1.82, 2.24) is 9.80 Å². The predicted octanol–water partition coefficient (Wildman–Crippen LogP) is 3.30. The van der Waals surface area contributed by atoms with Crippen molar-refractivity contribution in [3.63, 3.8) is 0 Å². The van der Waals surface area contributed by atoms with Gasteiger partial charge in [-0.25, -0.2) is 0 Å². The average Bonchev–Trinajstić information content (AvgIpc) is 2.72. The van der Waals surface area contributed by atoms with Gasteiger partial charge in [0.2, 0.25) is 0 Å². The molecule has 0 N–H and O–H groups in total. The zero-order valence-electron chi connectivity index (χ0n) is 15.7. The largest absolute Gasteiger partial charge is 0.484 e. The Balaban J connectivity index is 1.43. The lowest BCUT2D eigenvalue weighted by atomic mass is 10.1. The summed E-state index contributed by atoms with van der Waals surface area (Å²) in [6.45, 7) is 2.83. The first-order chi connectivity index (χ1) is 13.8. The van der Waals surface area contributed by atoms with Gasteiger partial charge in [-0.15, -0.1) is 0 Å². The molecule has 1 aliphatic rings. The number of hydrogen-bond donors (Lipinski definition) is 0. The molecule has 0 aliphatic carbocycles. The summed E-state index contributed by atoms with van der Waals surface area (Å²) in [5, 5.41) is 8.77. The highest BCUT2D eigenvalue weighted by Gasteiger charge is 2.30. The SMILES string of the molecule is N#Cc1ccc(OCC(=O)N2CCN(Cc3ccc(C(F)(F)F)cc3)CC2)cc1. The van der Waals surface area contributed by atoms with Crippen LogP contribution in [0.2, 0.25) is 0 Å². The van der Waals surface area contributed by atoms with Crippen LogP contribution in [0.25, 0.3) is 0 Å². The topological polar surface area (TPSA) is 56.6 Å². The van der Waals surface area contributed by atoms with Gasteiger partial charge in [-0.3, -0.25) is 9.69 Å². The molecule has 0 atom stereocenters. The number of nitrogens with zero attached hydrogens (tertiary/aromatic N) is 3. The highest BCUT2D eigenvalue weighted by molar-refractivity contribution is 5.77. The lowest BCUT2D eigenvalue weighted by Gasteiger charge is -2.34. The number of carbonyl (C=O) groups excluding carboxylic acids is 1. The first-order valence-corrected chi connectivity index (χ1v) is 9.14. The van der Waals surface area contributed by atoms with Crippen molar-refractivity contribution in [2.24, 2.45) is 0 Å². The highest BCUT2D eigenvalue weighted by Crippen LogP contribution is 2.29. The fourth-order valence-electron chi connectivity index (χ4n) is 3.07. The molecule has 2 aromatic carbocycles. The molecule has 0 aromatic heterocycles. The number of alkyl halides is 3. The van der Waals surface area contributed by atoms with Crippen molar-refractivity contribution in [3.8, 4) is 11.8 Å².